The maximum Gasteiger partial charge on any atom is 0.227 e. The van der Waals surface area contributed by atoms with Gasteiger partial charge in [-0.05, 0) is 45.0 Å². The third kappa shape index (κ3) is 4.39. The van der Waals surface area contributed by atoms with Crippen molar-refractivity contribution in [2.75, 3.05) is 25.5 Å². The van der Waals surface area contributed by atoms with Crippen LogP contribution in [0.4, 0.5) is 5.69 Å². The van der Waals surface area contributed by atoms with Crippen LogP contribution in [-0.2, 0) is 17.9 Å². The molecule has 3 rings (SSSR count). The summed E-state index contributed by atoms with van der Waals surface area (Å²) in [5.41, 5.74) is 1.98. The number of piperidine rings is 1. The molecule has 25 heavy (non-hydrogen) atoms. The molecule has 1 aliphatic rings. The summed E-state index contributed by atoms with van der Waals surface area (Å²) in [7, 11) is 1.62. The predicted octanol–water partition coefficient (Wildman–Crippen LogP) is 2.76. The SMILES string of the molecule is CCn1cc(CN2CCC(C(=O)Nc3ccccc3OC)CC2)cn1. The Balaban J connectivity index is 1.50. The number of aromatic nitrogens is 2. The minimum absolute atomic E-state index is 0.0551. The number of carbonyl (C=O) groups excluding carboxylic acids is 1. The Morgan fingerprint density at radius 3 is 2.76 bits per heavy atom. The van der Waals surface area contributed by atoms with Crippen molar-refractivity contribution in [1.82, 2.24) is 14.7 Å². The average Bonchev–Trinajstić information content (AvgIpc) is 3.10. The number of amides is 1. The van der Waals surface area contributed by atoms with Gasteiger partial charge in [0.15, 0.2) is 0 Å². The zero-order valence-corrected chi connectivity index (χ0v) is 14.9. The van der Waals surface area contributed by atoms with Crippen molar-refractivity contribution in [3.8, 4) is 5.75 Å². The van der Waals surface area contributed by atoms with Crippen molar-refractivity contribution in [2.24, 2.45) is 5.92 Å². The minimum Gasteiger partial charge on any atom is -0.495 e. The number of methoxy groups -OCH3 is 1. The third-order valence-electron chi connectivity index (χ3n) is 4.74. The Hall–Kier alpha value is -2.34. The highest BCUT2D eigenvalue weighted by molar-refractivity contribution is 5.94. The number of benzene rings is 1. The zero-order chi connectivity index (χ0) is 17.6. The number of anilines is 1. The summed E-state index contributed by atoms with van der Waals surface area (Å²) < 4.78 is 7.24. The summed E-state index contributed by atoms with van der Waals surface area (Å²) in [5, 5.41) is 7.33. The van der Waals surface area contributed by atoms with Crippen molar-refractivity contribution in [3.05, 3.63) is 42.2 Å². The van der Waals surface area contributed by atoms with Crippen LogP contribution in [0, 0.1) is 5.92 Å². The lowest BCUT2D eigenvalue weighted by atomic mass is 9.95. The minimum atomic E-state index is 0.0551. The Bertz CT molecular complexity index is 705. The van der Waals surface area contributed by atoms with Crippen molar-refractivity contribution >= 4 is 11.6 Å². The van der Waals surface area contributed by atoms with Gasteiger partial charge < -0.3 is 10.1 Å². The van der Waals surface area contributed by atoms with Gasteiger partial charge in [-0.2, -0.15) is 5.10 Å². The highest BCUT2D eigenvalue weighted by atomic mass is 16.5. The van der Waals surface area contributed by atoms with Crippen molar-refractivity contribution < 1.29 is 9.53 Å². The van der Waals surface area contributed by atoms with E-state index in [4.69, 9.17) is 4.74 Å². The van der Waals surface area contributed by atoms with E-state index in [2.05, 4.69) is 28.4 Å². The largest absolute Gasteiger partial charge is 0.495 e. The zero-order valence-electron chi connectivity index (χ0n) is 14.9. The number of hydrogen-bond acceptors (Lipinski definition) is 4. The van der Waals surface area contributed by atoms with E-state index >= 15 is 0 Å². The van der Waals surface area contributed by atoms with E-state index in [1.54, 1.807) is 7.11 Å². The number of hydrogen-bond donors (Lipinski definition) is 1. The van der Waals surface area contributed by atoms with Crippen LogP contribution in [0.5, 0.6) is 5.75 Å². The molecule has 1 aromatic carbocycles. The van der Waals surface area contributed by atoms with E-state index < -0.39 is 0 Å². The molecule has 1 amide bonds. The highest BCUT2D eigenvalue weighted by Crippen LogP contribution is 2.26. The van der Waals surface area contributed by atoms with Crippen LogP contribution in [0.2, 0.25) is 0 Å². The Kier molecular flexibility index (Phi) is 5.71. The van der Waals surface area contributed by atoms with Crippen molar-refractivity contribution in [1.29, 1.82) is 0 Å². The van der Waals surface area contributed by atoms with E-state index in [0.717, 1.165) is 44.7 Å². The van der Waals surface area contributed by atoms with E-state index in [1.165, 1.54) is 5.56 Å². The molecule has 2 heterocycles. The van der Waals surface area contributed by atoms with Gasteiger partial charge in [0, 0.05) is 30.8 Å². The Morgan fingerprint density at radius 2 is 2.08 bits per heavy atom. The number of nitrogens with one attached hydrogen (secondary N) is 1. The highest BCUT2D eigenvalue weighted by Gasteiger charge is 2.25. The van der Waals surface area contributed by atoms with Gasteiger partial charge in [-0.15, -0.1) is 0 Å². The molecule has 134 valence electrons. The number of carbonyl (C=O) groups is 1. The molecule has 1 N–H and O–H groups in total. The van der Waals surface area contributed by atoms with Crippen LogP contribution in [-0.4, -0.2) is 40.8 Å². The number of nitrogens with zero attached hydrogens (tertiary/aromatic N) is 3. The van der Waals surface area contributed by atoms with Crippen LogP contribution in [0.15, 0.2) is 36.7 Å². The van der Waals surface area contributed by atoms with Crippen molar-refractivity contribution in [2.45, 2.75) is 32.9 Å². The van der Waals surface area contributed by atoms with Gasteiger partial charge in [0.05, 0.1) is 19.0 Å². The van der Waals surface area contributed by atoms with Gasteiger partial charge in [-0.3, -0.25) is 14.4 Å². The molecule has 1 aliphatic heterocycles. The van der Waals surface area contributed by atoms with Crippen LogP contribution >= 0.6 is 0 Å². The normalized spacial score (nSPS) is 15.9. The number of para-hydroxylation sites is 2. The first-order chi connectivity index (χ1) is 12.2. The second-order valence-corrected chi connectivity index (χ2v) is 6.44. The van der Waals surface area contributed by atoms with Gasteiger partial charge in [-0.1, -0.05) is 12.1 Å². The second kappa shape index (κ2) is 8.16. The lowest BCUT2D eigenvalue weighted by Gasteiger charge is -2.31. The number of aryl methyl sites for hydroxylation is 1. The summed E-state index contributed by atoms with van der Waals surface area (Å²) in [6.45, 7) is 5.75. The molecule has 2 aromatic rings. The summed E-state index contributed by atoms with van der Waals surface area (Å²) in [6, 6.07) is 7.52. The fraction of sp³-hybridized carbons (Fsp3) is 0.474. The van der Waals surface area contributed by atoms with E-state index in [1.807, 2.05) is 35.1 Å². The molecule has 0 spiro atoms. The van der Waals surface area contributed by atoms with Gasteiger partial charge >= 0.3 is 0 Å². The van der Waals surface area contributed by atoms with Gasteiger partial charge in [0.1, 0.15) is 5.75 Å². The van der Waals surface area contributed by atoms with E-state index in [9.17, 15) is 4.79 Å². The standard InChI is InChI=1S/C19H26N4O2/c1-3-23-14-15(12-20-23)13-22-10-8-16(9-11-22)19(24)21-17-6-4-5-7-18(17)25-2/h4-7,12,14,16H,3,8-11,13H2,1-2H3,(H,21,24). The average molecular weight is 342 g/mol. The molecule has 0 unspecified atom stereocenters. The second-order valence-electron chi connectivity index (χ2n) is 6.44. The lowest BCUT2D eigenvalue weighted by molar-refractivity contribution is -0.121. The quantitative estimate of drug-likeness (QED) is 0.877. The number of ether oxygens (including phenoxy) is 1. The topological polar surface area (TPSA) is 59.4 Å². The van der Waals surface area contributed by atoms with Gasteiger partial charge in [0.2, 0.25) is 5.91 Å². The predicted molar refractivity (Wildman–Crippen MR) is 97.5 cm³/mol. The van der Waals surface area contributed by atoms with Crippen molar-refractivity contribution in [3.63, 3.8) is 0 Å². The van der Waals surface area contributed by atoms with Gasteiger partial charge in [0.25, 0.3) is 0 Å². The molecule has 1 saturated heterocycles. The molecule has 0 bridgehead atoms. The first-order valence-electron chi connectivity index (χ1n) is 8.87. The fourth-order valence-corrected chi connectivity index (χ4v) is 3.26. The summed E-state index contributed by atoms with van der Waals surface area (Å²) in [5.74, 6) is 0.837. The number of rotatable bonds is 6. The number of likely N-dealkylation sites (tertiary alicyclic amines) is 1. The lowest BCUT2D eigenvalue weighted by Crippen LogP contribution is -2.37. The molecule has 1 fully saturated rings. The van der Waals surface area contributed by atoms with Crippen LogP contribution < -0.4 is 10.1 Å². The summed E-state index contributed by atoms with van der Waals surface area (Å²) >= 11 is 0. The molecule has 0 radical (unpaired) electrons. The van der Waals surface area contributed by atoms with Crippen LogP contribution in [0.1, 0.15) is 25.3 Å². The summed E-state index contributed by atoms with van der Waals surface area (Å²) in [6.07, 6.45) is 5.79. The molecule has 6 nitrogen and oxygen atoms in total. The summed E-state index contributed by atoms with van der Waals surface area (Å²) in [4.78, 5) is 14.9. The maximum absolute atomic E-state index is 12.5. The smallest absolute Gasteiger partial charge is 0.227 e. The molecule has 0 atom stereocenters. The van der Waals surface area contributed by atoms with E-state index in [-0.39, 0.29) is 11.8 Å². The van der Waals surface area contributed by atoms with Crippen LogP contribution in [0.3, 0.4) is 0 Å². The molecular weight excluding hydrogens is 316 g/mol. The first-order valence-corrected chi connectivity index (χ1v) is 8.87. The molecule has 1 aromatic heterocycles. The first kappa shape index (κ1) is 17.5. The third-order valence-corrected chi connectivity index (χ3v) is 4.74. The molecule has 0 saturated carbocycles. The van der Waals surface area contributed by atoms with E-state index in [0.29, 0.717) is 5.75 Å². The van der Waals surface area contributed by atoms with Gasteiger partial charge in [-0.25, -0.2) is 0 Å². The Labute approximate surface area is 148 Å². The maximum atomic E-state index is 12.5. The van der Waals surface area contributed by atoms with Crippen LogP contribution in [0.25, 0.3) is 0 Å². The molecule has 0 aliphatic carbocycles. The monoisotopic (exact) mass is 342 g/mol. The molecular formula is C19H26N4O2. The molecule has 6 heteroatoms. The Morgan fingerprint density at radius 1 is 1.32 bits per heavy atom. The fourth-order valence-electron chi connectivity index (χ4n) is 3.26.